The van der Waals surface area contributed by atoms with Crippen LogP contribution in [0.25, 0.3) is 0 Å². The third-order valence-electron chi connectivity index (χ3n) is 4.52. The molecule has 0 aliphatic carbocycles. The van der Waals surface area contributed by atoms with Crippen molar-refractivity contribution in [1.82, 2.24) is 4.90 Å². The third kappa shape index (κ3) is 2.40. The van der Waals surface area contributed by atoms with Gasteiger partial charge in [-0.2, -0.15) is 0 Å². The number of aryl methyl sites for hydroxylation is 1. The van der Waals surface area contributed by atoms with Crippen molar-refractivity contribution in [3.8, 4) is 0 Å². The Hall–Kier alpha value is -1.95. The van der Waals surface area contributed by atoms with Crippen LogP contribution in [-0.4, -0.2) is 39.0 Å². The van der Waals surface area contributed by atoms with Crippen LogP contribution < -0.4 is 0 Å². The molecule has 1 N–H and O–H groups in total. The number of benzene rings is 1. The van der Waals surface area contributed by atoms with Gasteiger partial charge in [0.2, 0.25) is 0 Å². The van der Waals surface area contributed by atoms with Crippen LogP contribution >= 0.6 is 0 Å². The summed E-state index contributed by atoms with van der Waals surface area (Å²) in [7, 11) is 0. The number of carbonyl (C=O) groups excluding carboxylic acids is 1. The van der Waals surface area contributed by atoms with Crippen LogP contribution in [0.4, 0.5) is 5.69 Å². The van der Waals surface area contributed by atoms with Crippen molar-refractivity contribution in [2.75, 3.05) is 0 Å². The van der Waals surface area contributed by atoms with E-state index < -0.39 is 4.92 Å². The number of fused-ring (bicyclic) bond motifs is 2. The van der Waals surface area contributed by atoms with Crippen molar-refractivity contribution in [2.24, 2.45) is 0 Å². The molecule has 0 aromatic heterocycles. The Balaban J connectivity index is 1.96. The van der Waals surface area contributed by atoms with E-state index in [1.807, 2.05) is 6.92 Å². The zero-order valence-corrected chi connectivity index (χ0v) is 11.9. The molecule has 2 fully saturated rings. The minimum atomic E-state index is -0.507. The van der Waals surface area contributed by atoms with Gasteiger partial charge in [-0.15, -0.1) is 0 Å². The molecule has 112 valence electrons. The summed E-state index contributed by atoms with van der Waals surface area (Å²) in [5.41, 5.74) is 0.845. The largest absolute Gasteiger partial charge is 0.393 e. The Morgan fingerprint density at radius 3 is 2.52 bits per heavy atom. The van der Waals surface area contributed by atoms with Gasteiger partial charge in [-0.3, -0.25) is 14.9 Å². The van der Waals surface area contributed by atoms with Gasteiger partial charge in [0.1, 0.15) is 5.56 Å². The second-order valence-electron chi connectivity index (χ2n) is 6.00. The summed E-state index contributed by atoms with van der Waals surface area (Å²) in [6.07, 6.45) is 2.52. The van der Waals surface area contributed by atoms with Crippen molar-refractivity contribution >= 4 is 11.6 Å². The lowest BCUT2D eigenvalue weighted by Crippen LogP contribution is -2.48. The van der Waals surface area contributed by atoms with Crippen molar-refractivity contribution in [3.63, 3.8) is 0 Å². The Bertz CT molecular complexity index is 587. The molecular formula is C15H18N2O4. The van der Waals surface area contributed by atoms with Gasteiger partial charge in [0.15, 0.2) is 0 Å². The summed E-state index contributed by atoms with van der Waals surface area (Å²) >= 11 is 0. The van der Waals surface area contributed by atoms with Crippen LogP contribution in [0.3, 0.4) is 0 Å². The second kappa shape index (κ2) is 5.11. The highest BCUT2D eigenvalue weighted by Crippen LogP contribution is 2.37. The minimum Gasteiger partial charge on any atom is -0.393 e. The van der Waals surface area contributed by atoms with Gasteiger partial charge in [0.25, 0.3) is 11.6 Å². The van der Waals surface area contributed by atoms with Crippen LogP contribution in [0.5, 0.6) is 0 Å². The highest BCUT2D eigenvalue weighted by atomic mass is 16.6. The van der Waals surface area contributed by atoms with Gasteiger partial charge in [-0.1, -0.05) is 6.07 Å². The van der Waals surface area contributed by atoms with Crippen LogP contribution in [0.2, 0.25) is 0 Å². The first-order chi connectivity index (χ1) is 9.97. The molecule has 2 aliphatic heterocycles. The fourth-order valence-corrected chi connectivity index (χ4v) is 3.60. The lowest BCUT2D eigenvalue weighted by Gasteiger charge is -2.37. The normalized spacial score (nSPS) is 27.7. The van der Waals surface area contributed by atoms with E-state index in [9.17, 15) is 20.0 Å². The first-order valence-electron chi connectivity index (χ1n) is 7.23. The molecule has 21 heavy (non-hydrogen) atoms. The fourth-order valence-electron chi connectivity index (χ4n) is 3.60. The van der Waals surface area contributed by atoms with Crippen LogP contribution in [0.15, 0.2) is 18.2 Å². The number of carbonyl (C=O) groups is 1. The minimum absolute atomic E-state index is 0.00589. The Kier molecular flexibility index (Phi) is 3.41. The molecule has 2 saturated heterocycles. The van der Waals surface area contributed by atoms with Crippen molar-refractivity contribution < 1.29 is 14.8 Å². The number of nitrogens with zero attached hydrogens (tertiary/aromatic N) is 2. The lowest BCUT2D eigenvalue weighted by atomic mass is 9.98. The molecule has 6 heteroatoms. The molecule has 0 spiro atoms. The van der Waals surface area contributed by atoms with E-state index >= 15 is 0 Å². The Morgan fingerprint density at radius 2 is 1.95 bits per heavy atom. The molecule has 2 aliphatic rings. The predicted octanol–water partition coefficient (Wildman–Crippen LogP) is 2.03. The molecular weight excluding hydrogens is 272 g/mol. The summed E-state index contributed by atoms with van der Waals surface area (Å²) < 4.78 is 0. The fraction of sp³-hybridized carbons (Fsp3) is 0.533. The van der Waals surface area contributed by atoms with E-state index in [2.05, 4.69) is 0 Å². The van der Waals surface area contributed by atoms with Gasteiger partial charge in [-0.05, 0) is 44.2 Å². The van der Waals surface area contributed by atoms with Gasteiger partial charge >= 0.3 is 0 Å². The number of rotatable bonds is 2. The van der Waals surface area contributed by atoms with Crippen molar-refractivity contribution in [1.29, 1.82) is 0 Å². The molecule has 2 heterocycles. The number of piperidine rings is 1. The van der Waals surface area contributed by atoms with E-state index in [0.717, 1.165) is 18.4 Å². The molecule has 2 atom stereocenters. The number of hydrogen-bond donors (Lipinski definition) is 1. The molecule has 0 saturated carbocycles. The van der Waals surface area contributed by atoms with Gasteiger partial charge in [0.05, 0.1) is 11.0 Å². The maximum Gasteiger partial charge on any atom is 0.282 e. The number of nitro groups is 1. The summed E-state index contributed by atoms with van der Waals surface area (Å²) in [4.78, 5) is 25.2. The number of aliphatic hydroxyl groups excluding tert-OH is 1. The van der Waals surface area contributed by atoms with E-state index in [-0.39, 0.29) is 35.3 Å². The first-order valence-corrected chi connectivity index (χ1v) is 7.23. The lowest BCUT2D eigenvalue weighted by molar-refractivity contribution is -0.385. The summed E-state index contributed by atoms with van der Waals surface area (Å²) in [6.45, 7) is 1.81. The highest BCUT2D eigenvalue weighted by molar-refractivity contribution is 5.99. The van der Waals surface area contributed by atoms with Crippen LogP contribution in [0, 0.1) is 17.0 Å². The van der Waals surface area contributed by atoms with E-state index in [0.29, 0.717) is 12.8 Å². The number of aliphatic hydroxyl groups is 1. The van der Waals surface area contributed by atoms with Crippen molar-refractivity contribution in [2.45, 2.75) is 50.8 Å². The molecule has 3 rings (SSSR count). The van der Waals surface area contributed by atoms with Gasteiger partial charge in [0, 0.05) is 18.2 Å². The molecule has 0 radical (unpaired) electrons. The molecule has 2 unspecified atom stereocenters. The second-order valence-corrected chi connectivity index (χ2v) is 6.00. The Morgan fingerprint density at radius 1 is 1.33 bits per heavy atom. The molecule has 2 bridgehead atoms. The van der Waals surface area contributed by atoms with Crippen molar-refractivity contribution in [3.05, 3.63) is 39.4 Å². The molecule has 6 nitrogen and oxygen atoms in total. The van der Waals surface area contributed by atoms with Gasteiger partial charge < -0.3 is 10.0 Å². The average Bonchev–Trinajstić information content (AvgIpc) is 2.69. The van der Waals surface area contributed by atoms with Crippen LogP contribution in [-0.2, 0) is 0 Å². The quantitative estimate of drug-likeness (QED) is 0.667. The van der Waals surface area contributed by atoms with E-state index in [1.54, 1.807) is 17.0 Å². The van der Waals surface area contributed by atoms with Crippen LogP contribution in [0.1, 0.15) is 41.6 Å². The molecule has 1 amide bonds. The Labute approximate surface area is 122 Å². The first kappa shape index (κ1) is 14.0. The maximum atomic E-state index is 12.8. The molecule has 1 aromatic carbocycles. The topological polar surface area (TPSA) is 83.7 Å². The predicted molar refractivity (Wildman–Crippen MR) is 76.1 cm³/mol. The molecule has 1 aromatic rings. The monoisotopic (exact) mass is 290 g/mol. The standard InChI is InChI=1S/C15H18N2O4/c1-9-2-5-14(17(20)21)13(6-9)15(19)16-10-3-4-11(16)8-12(18)7-10/h2,5-6,10-12,18H,3-4,7-8H2,1H3. The van der Waals surface area contributed by atoms with E-state index in [1.165, 1.54) is 6.07 Å². The summed E-state index contributed by atoms with van der Waals surface area (Å²) in [5.74, 6) is -0.273. The zero-order chi connectivity index (χ0) is 15.1. The summed E-state index contributed by atoms with van der Waals surface area (Å²) in [6, 6.07) is 4.63. The number of nitro benzene ring substituents is 1. The third-order valence-corrected chi connectivity index (χ3v) is 4.52. The maximum absolute atomic E-state index is 12.8. The summed E-state index contributed by atoms with van der Waals surface area (Å²) in [5, 5.41) is 20.9. The van der Waals surface area contributed by atoms with E-state index in [4.69, 9.17) is 0 Å². The number of amides is 1. The SMILES string of the molecule is Cc1ccc([N+](=O)[O-])c(C(=O)N2C3CCC2CC(O)C3)c1. The number of hydrogen-bond acceptors (Lipinski definition) is 4. The average molecular weight is 290 g/mol. The zero-order valence-electron chi connectivity index (χ0n) is 11.9. The highest BCUT2D eigenvalue weighted by Gasteiger charge is 2.44. The van der Waals surface area contributed by atoms with Gasteiger partial charge in [-0.25, -0.2) is 0 Å². The smallest absolute Gasteiger partial charge is 0.282 e.